The molecule has 0 aliphatic carbocycles. The topological polar surface area (TPSA) is 62.7 Å². The predicted octanol–water partition coefficient (Wildman–Crippen LogP) is 4.23. The number of nitrogens with zero attached hydrogens (tertiary/aromatic N) is 2. The number of H-pyrrole nitrogens is 1. The van der Waals surface area contributed by atoms with Crippen LogP contribution in [-0.4, -0.2) is 20.4 Å². The second-order valence-electron chi connectivity index (χ2n) is 6.03. The van der Waals surface area contributed by atoms with E-state index in [0.29, 0.717) is 6.42 Å². The molecule has 2 aromatic carbocycles. The first-order chi connectivity index (χ1) is 12.7. The van der Waals surface area contributed by atoms with Crippen molar-refractivity contribution in [2.24, 2.45) is 7.05 Å². The number of amides is 1. The van der Waals surface area contributed by atoms with E-state index in [4.69, 9.17) is 0 Å². The minimum Gasteiger partial charge on any atom is -0.361 e. The number of hydrogen-bond donors (Lipinski definition) is 2. The first-order valence-corrected chi connectivity index (χ1v) is 9.11. The van der Waals surface area contributed by atoms with E-state index in [1.54, 1.807) is 18.0 Å². The van der Waals surface area contributed by atoms with Crippen molar-refractivity contribution in [1.82, 2.24) is 14.5 Å². The van der Waals surface area contributed by atoms with Crippen molar-refractivity contribution in [1.29, 1.82) is 0 Å². The number of fused-ring (bicyclic) bond motifs is 1. The van der Waals surface area contributed by atoms with E-state index in [1.165, 1.54) is 0 Å². The fraction of sp³-hybridized carbons (Fsp3) is 0.100. The van der Waals surface area contributed by atoms with Gasteiger partial charge in [0.1, 0.15) is 0 Å². The van der Waals surface area contributed by atoms with Crippen LogP contribution in [0.4, 0.5) is 5.69 Å². The summed E-state index contributed by atoms with van der Waals surface area (Å²) >= 11 is 1.59. The fourth-order valence-electron chi connectivity index (χ4n) is 2.82. The van der Waals surface area contributed by atoms with Crippen LogP contribution in [0.3, 0.4) is 0 Å². The lowest BCUT2D eigenvalue weighted by molar-refractivity contribution is -0.115. The normalized spacial score (nSPS) is 11.0. The van der Waals surface area contributed by atoms with E-state index >= 15 is 0 Å². The summed E-state index contributed by atoms with van der Waals surface area (Å²) in [5.41, 5.74) is 2.84. The van der Waals surface area contributed by atoms with Gasteiger partial charge in [0.15, 0.2) is 5.16 Å². The summed E-state index contributed by atoms with van der Waals surface area (Å²) in [4.78, 5) is 20.9. The Bertz CT molecular complexity index is 1050. The lowest BCUT2D eigenvalue weighted by atomic mass is 10.1. The van der Waals surface area contributed by atoms with E-state index < -0.39 is 0 Å². The summed E-state index contributed by atoms with van der Waals surface area (Å²) in [5, 5.41) is 4.98. The number of benzene rings is 2. The number of aromatic amines is 1. The molecule has 1 amide bonds. The molecule has 5 nitrogen and oxygen atoms in total. The van der Waals surface area contributed by atoms with Crippen LogP contribution in [0.15, 0.2) is 77.2 Å². The van der Waals surface area contributed by atoms with Gasteiger partial charge in [0.2, 0.25) is 5.91 Å². The number of hydrogen-bond acceptors (Lipinski definition) is 3. The number of anilines is 1. The van der Waals surface area contributed by atoms with E-state index in [1.807, 2.05) is 72.5 Å². The molecule has 6 heteroatoms. The Balaban J connectivity index is 1.40. The van der Waals surface area contributed by atoms with Crippen molar-refractivity contribution in [3.63, 3.8) is 0 Å². The third-order valence-electron chi connectivity index (χ3n) is 4.15. The van der Waals surface area contributed by atoms with Crippen LogP contribution in [-0.2, 0) is 18.3 Å². The third-order valence-corrected chi connectivity index (χ3v) is 5.23. The minimum atomic E-state index is -0.0285. The van der Waals surface area contributed by atoms with E-state index in [0.717, 1.165) is 32.2 Å². The maximum absolute atomic E-state index is 12.4. The lowest BCUT2D eigenvalue weighted by Crippen LogP contribution is -2.14. The van der Waals surface area contributed by atoms with Crippen LogP contribution >= 0.6 is 11.8 Å². The number of imidazole rings is 1. The SMILES string of the molecule is Cn1ccnc1Sc1ccc(NC(=O)Cc2c[nH]c3ccccc23)cc1. The zero-order valence-corrected chi connectivity index (χ0v) is 15.1. The van der Waals surface area contributed by atoms with Crippen LogP contribution in [0.25, 0.3) is 10.9 Å². The largest absolute Gasteiger partial charge is 0.361 e. The van der Waals surface area contributed by atoms with Crippen molar-refractivity contribution in [2.45, 2.75) is 16.5 Å². The van der Waals surface area contributed by atoms with E-state index in [2.05, 4.69) is 15.3 Å². The summed E-state index contributed by atoms with van der Waals surface area (Å²) < 4.78 is 1.97. The van der Waals surface area contributed by atoms with Crippen LogP contribution in [0, 0.1) is 0 Å². The summed E-state index contributed by atoms with van der Waals surface area (Å²) in [6.07, 6.45) is 5.94. The molecule has 4 aromatic rings. The molecule has 26 heavy (non-hydrogen) atoms. The average Bonchev–Trinajstić information content (AvgIpc) is 3.23. The van der Waals surface area contributed by atoms with Crippen LogP contribution in [0.2, 0.25) is 0 Å². The van der Waals surface area contributed by atoms with Crippen molar-refractivity contribution in [3.8, 4) is 0 Å². The highest BCUT2D eigenvalue weighted by Gasteiger charge is 2.09. The molecule has 0 aliphatic heterocycles. The molecule has 2 aromatic heterocycles. The second kappa shape index (κ2) is 7.09. The molecule has 0 saturated heterocycles. The Morgan fingerprint density at radius 3 is 2.77 bits per heavy atom. The van der Waals surface area contributed by atoms with Crippen molar-refractivity contribution < 1.29 is 4.79 Å². The molecule has 0 spiro atoms. The quantitative estimate of drug-likeness (QED) is 0.558. The Labute approximate surface area is 155 Å². The molecular weight excluding hydrogens is 344 g/mol. The Hall–Kier alpha value is -2.99. The van der Waals surface area contributed by atoms with Gasteiger partial charge in [-0.2, -0.15) is 0 Å². The van der Waals surface area contributed by atoms with E-state index in [9.17, 15) is 4.79 Å². The number of carbonyl (C=O) groups excluding carboxylic acids is 1. The van der Waals surface area contributed by atoms with Crippen molar-refractivity contribution in [3.05, 3.63) is 72.7 Å². The predicted molar refractivity (Wildman–Crippen MR) is 104 cm³/mol. The van der Waals surface area contributed by atoms with Gasteiger partial charge in [-0.3, -0.25) is 4.79 Å². The fourth-order valence-corrected chi connectivity index (χ4v) is 3.62. The standard InChI is InChI=1S/C20H18N4OS/c1-24-11-10-21-20(24)26-16-8-6-15(7-9-16)23-19(25)12-14-13-22-18-5-3-2-4-17(14)18/h2-11,13,22H,12H2,1H3,(H,23,25). The molecule has 2 heterocycles. The highest BCUT2D eigenvalue weighted by molar-refractivity contribution is 7.99. The zero-order chi connectivity index (χ0) is 17.9. The molecule has 0 bridgehead atoms. The van der Waals surface area contributed by atoms with Gasteiger partial charge in [-0.05, 0) is 35.9 Å². The molecule has 0 fully saturated rings. The molecule has 0 unspecified atom stereocenters. The maximum atomic E-state index is 12.4. The molecule has 130 valence electrons. The molecular formula is C20H18N4OS. The van der Waals surface area contributed by atoms with Crippen molar-refractivity contribution >= 4 is 34.3 Å². The highest BCUT2D eigenvalue weighted by Crippen LogP contribution is 2.27. The summed E-state index contributed by atoms with van der Waals surface area (Å²) in [5.74, 6) is -0.0285. The number of carbonyl (C=O) groups is 1. The summed E-state index contributed by atoms with van der Waals surface area (Å²) in [6, 6.07) is 15.8. The number of rotatable bonds is 5. The zero-order valence-electron chi connectivity index (χ0n) is 14.3. The third kappa shape index (κ3) is 3.50. The molecule has 0 aliphatic rings. The first-order valence-electron chi connectivity index (χ1n) is 8.29. The van der Waals surface area contributed by atoms with Gasteiger partial charge in [-0.25, -0.2) is 4.98 Å². The molecule has 0 saturated carbocycles. The molecule has 4 rings (SSSR count). The summed E-state index contributed by atoms with van der Waals surface area (Å²) in [7, 11) is 1.97. The van der Waals surface area contributed by atoms with Crippen LogP contribution < -0.4 is 5.32 Å². The average molecular weight is 362 g/mol. The molecule has 0 radical (unpaired) electrons. The van der Waals surface area contributed by atoms with Crippen LogP contribution in [0.1, 0.15) is 5.56 Å². The first kappa shape index (κ1) is 16.5. The van der Waals surface area contributed by atoms with Gasteiger partial charge in [0, 0.05) is 47.1 Å². The second-order valence-corrected chi connectivity index (χ2v) is 7.07. The molecule has 0 atom stereocenters. The monoisotopic (exact) mass is 362 g/mol. The number of aromatic nitrogens is 3. The number of para-hydroxylation sites is 1. The summed E-state index contributed by atoms with van der Waals surface area (Å²) in [6.45, 7) is 0. The van der Waals surface area contributed by atoms with Gasteiger partial charge < -0.3 is 14.9 Å². The molecule has 2 N–H and O–H groups in total. The van der Waals surface area contributed by atoms with Crippen LogP contribution in [0.5, 0.6) is 0 Å². The maximum Gasteiger partial charge on any atom is 0.228 e. The highest BCUT2D eigenvalue weighted by atomic mass is 32.2. The number of aryl methyl sites for hydroxylation is 1. The number of nitrogens with one attached hydrogen (secondary N) is 2. The van der Waals surface area contributed by atoms with Gasteiger partial charge >= 0.3 is 0 Å². The Morgan fingerprint density at radius 2 is 2.00 bits per heavy atom. The van der Waals surface area contributed by atoms with Gasteiger partial charge in [-0.15, -0.1) is 0 Å². The van der Waals surface area contributed by atoms with Crippen molar-refractivity contribution in [2.75, 3.05) is 5.32 Å². The minimum absolute atomic E-state index is 0.0285. The van der Waals surface area contributed by atoms with Gasteiger partial charge in [0.25, 0.3) is 0 Å². The lowest BCUT2D eigenvalue weighted by Gasteiger charge is -2.06. The Kier molecular flexibility index (Phi) is 4.50. The Morgan fingerprint density at radius 1 is 1.19 bits per heavy atom. The van der Waals surface area contributed by atoms with Gasteiger partial charge in [-0.1, -0.05) is 30.0 Å². The smallest absolute Gasteiger partial charge is 0.228 e. The van der Waals surface area contributed by atoms with E-state index in [-0.39, 0.29) is 5.91 Å². The van der Waals surface area contributed by atoms with Gasteiger partial charge in [0.05, 0.1) is 6.42 Å².